The van der Waals surface area contributed by atoms with Crippen LogP contribution in [0, 0.1) is 0 Å². The summed E-state index contributed by atoms with van der Waals surface area (Å²) in [6.07, 6.45) is 5.50. The van der Waals surface area contributed by atoms with Crippen LogP contribution in [0.4, 0.5) is 0 Å². The number of hydrogen-bond donors (Lipinski definition) is 0. The molecule has 2 aromatic heterocycles. The third-order valence-corrected chi connectivity index (χ3v) is 3.11. The van der Waals surface area contributed by atoms with Crippen LogP contribution in [0.25, 0.3) is 11.0 Å². The highest BCUT2D eigenvalue weighted by Crippen LogP contribution is 2.30. The van der Waals surface area contributed by atoms with Crippen molar-refractivity contribution in [3.8, 4) is 0 Å². The van der Waals surface area contributed by atoms with E-state index in [0.717, 1.165) is 16.7 Å². The number of aromatic nitrogens is 3. The largest absolute Gasteiger partial charge is 0.356 e. The van der Waals surface area contributed by atoms with Crippen molar-refractivity contribution in [1.82, 2.24) is 14.7 Å². The van der Waals surface area contributed by atoms with Gasteiger partial charge in [-0.3, -0.25) is 0 Å². The topological polar surface area (TPSA) is 43.9 Å². The molecule has 4 heteroatoms. The normalized spacial score (nSPS) is 12.1. The highest BCUT2D eigenvalue weighted by Gasteiger charge is 2.28. The molecule has 0 N–H and O–H groups in total. The molecule has 1 aromatic carbocycles. The molecule has 0 aliphatic carbocycles. The average Bonchev–Trinajstić information content (AvgIpc) is 2.99. The van der Waals surface area contributed by atoms with Crippen LogP contribution in [-0.2, 0) is 5.54 Å². The fourth-order valence-corrected chi connectivity index (χ4v) is 2.04. The van der Waals surface area contributed by atoms with E-state index in [0.29, 0.717) is 0 Å². The van der Waals surface area contributed by atoms with Crippen LogP contribution in [0.5, 0.6) is 0 Å². The van der Waals surface area contributed by atoms with Gasteiger partial charge in [-0.1, -0.05) is 17.3 Å². The molecule has 0 saturated carbocycles. The van der Waals surface area contributed by atoms with E-state index in [-0.39, 0.29) is 5.54 Å². The Morgan fingerprint density at radius 2 is 2.06 bits per heavy atom. The first kappa shape index (κ1) is 10.1. The predicted molar refractivity (Wildman–Crippen MR) is 64.7 cm³/mol. The van der Waals surface area contributed by atoms with Crippen molar-refractivity contribution >= 4 is 11.0 Å². The molecule has 2 heterocycles. The quantitative estimate of drug-likeness (QED) is 0.676. The molecule has 0 bridgehead atoms. The molecular formula is C13H13N3O. The molecule has 17 heavy (non-hydrogen) atoms. The zero-order valence-electron chi connectivity index (χ0n) is 9.79. The molecule has 0 radical (unpaired) electrons. The maximum atomic E-state index is 5.35. The molecule has 3 aromatic rings. The Balaban J connectivity index is 2.22. The molecule has 86 valence electrons. The molecule has 0 spiro atoms. The fraction of sp³-hybridized carbons (Fsp3) is 0.231. The summed E-state index contributed by atoms with van der Waals surface area (Å²) in [5.41, 5.74) is 1.46. The van der Waals surface area contributed by atoms with Gasteiger partial charge in [-0.05, 0) is 26.0 Å². The number of para-hydroxylation sites is 1. The molecule has 0 atom stereocenters. The Morgan fingerprint density at radius 3 is 2.82 bits per heavy atom. The van der Waals surface area contributed by atoms with Crippen LogP contribution >= 0.6 is 0 Å². The minimum atomic E-state index is -0.275. The van der Waals surface area contributed by atoms with Crippen molar-refractivity contribution in [1.29, 1.82) is 0 Å². The molecular weight excluding hydrogens is 214 g/mol. The SMILES string of the molecule is CC(C)(c1noc2ccccc12)n1ccnc1. The second-order valence-corrected chi connectivity index (χ2v) is 4.56. The summed E-state index contributed by atoms with van der Waals surface area (Å²) in [7, 11) is 0. The van der Waals surface area contributed by atoms with Gasteiger partial charge >= 0.3 is 0 Å². The summed E-state index contributed by atoms with van der Waals surface area (Å²) in [4.78, 5) is 4.08. The number of rotatable bonds is 2. The molecule has 0 saturated heterocycles. The van der Waals surface area contributed by atoms with Gasteiger partial charge in [0, 0.05) is 17.8 Å². The zero-order chi connectivity index (χ0) is 11.9. The number of fused-ring (bicyclic) bond motifs is 1. The molecule has 4 nitrogen and oxygen atoms in total. The van der Waals surface area contributed by atoms with Gasteiger partial charge in [-0.2, -0.15) is 0 Å². The van der Waals surface area contributed by atoms with Gasteiger partial charge in [-0.15, -0.1) is 0 Å². The summed E-state index contributed by atoms with van der Waals surface area (Å²) < 4.78 is 7.37. The molecule has 0 unspecified atom stereocenters. The van der Waals surface area contributed by atoms with E-state index < -0.39 is 0 Å². The van der Waals surface area contributed by atoms with E-state index in [1.165, 1.54) is 0 Å². The van der Waals surface area contributed by atoms with Crippen LogP contribution < -0.4 is 0 Å². The van der Waals surface area contributed by atoms with E-state index in [4.69, 9.17) is 4.52 Å². The van der Waals surface area contributed by atoms with Gasteiger partial charge in [0.05, 0.1) is 11.9 Å². The molecule has 0 fully saturated rings. The highest BCUT2D eigenvalue weighted by molar-refractivity contribution is 5.80. The number of benzene rings is 1. The second kappa shape index (κ2) is 3.45. The van der Waals surface area contributed by atoms with E-state index >= 15 is 0 Å². The number of nitrogens with zero attached hydrogens (tertiary/aromatic N) is 3. The number of hydrogen-bond acceptors (Lipinski definition) is 3. The van der Waals surface area contributed by atoms with Gasteiger partial charge in [0.1, 0.15) is 5.69 Å². The van der Waals surface area contributed by atoms with E-state index in [2.05, 4.69) is 24.0 Å². The summed E-state index contributed by atoms with van der Waals surface area (Å²) >= 11 is 0. The first-order chi connectivity index (χ1) is 8.19. The summed E-state index contributed by atoms with van der Waals surface area (Å²) in [6.45, 7) is 4.19. The number of imidazole rings is 1. The maximum Gasteiger partial charge on any atom is 0.167 e. The molecule has 0 aliphatic heterocycles. The van der Waals surface area contributed by atoms with Crippen molar-refractivity contribution in [3.63, 3.8) is 0 Å². The van der Waals surface area contributed by atoms with E-state index in [1.54, 1.807) is 12.5 Å². The molecule has 0 aliphatic rings. The first-order valence-corrected chi connectivity index (χ1v) is 5.53. The Hall–Kier alpha value is -2.10. The first-order valence-electron chi connectivity index (χ1n) is 5.53. The van der Waals surface area contributed by atoms with Crippen molar-refractivity contribution in [3.05, 3.63) is 48.7 Å². The predicted octanol–water partition coefficient (Wildman–Crippen LogP) is 2.81. The Bertz CT molecular complexity index is 638. The Kier molecular flexibility index (Phi) is 2.04. The van der Waals surface area contributed by atoms with Gasteiger partial charge in [0.2, 0.25) is 0 Å². The van der Waals surface area contributed by atoms with Crippen LogP contribution in [0.1, 0.15) is 19.5 Å². The lowest BCUT2D eigenvalue weighted by Gasteiger charge is -2.23. The zero-order valence-corrected chi connectivity index (χ0v) is 9.79. The van der Waals surface area contributed by atoms with Crippen molar-refractivity contribution in [2.45, 2.75) is 19.4 Å². The smallest absolute Gasteiger partial charge is 0.167 e. The highest BCUT2D eigenvalue weighted by atomic mass is 16.5. The van der Waals surface area contributed by atoms with E-state index in [9.17, 15) is 0 Å². The fourth-order valence-electron chi connectivity index (χ4n) is 2.04. The summed E-state index contributed by atoms with van der Waals surface area (Å²) in [5.74, 6) is 0. The average molecular weight is 227 g/mol. The Morgan fingerprint density at radius 1 is 1.24 bits per heavy atom. The van der Waals surface area contributed by atoms with Gasteiger partial charge < -0.3 is 9.09 Å². The Labute approximate surface area is 98.9 Å². The lowest BCUT2D eigenvalue weighted by atomic mass is 9.97. The van der Waals surface area contributed by atoms with Crippen LogP contribution in [0.15, 0.2) is 47.5 Å². The summed E-state index contributed by atoms with van der Waals surface area (Å²) in [6, 6.07) is 7.89. The maximum absolute atomic E-state index is 5.35. The molecule has 0 amide bonds. The lowest BCUT2D eigenvalue weighted by Crippen LogP contribution is -2.27. The van der Waals surface area contributed by atoms with Gasteiger partial charge in [-0.25, -0.2) is 4.98 Å². The standard InChI is InChI=1S/C13H13N3O/c1-13(2,16-8-7-14-9-16)12-10-5-3-4-6-11(10)17-15-12/h3-9H,1-2H3. The monoisotopic (exact) mass is 227 g/mol. The minimum absolute atomic E-state index is 0.275. The van der Waals surface area contributed by atoms with Crippen molar-refractivity contribution < 1.29 is 4.52 Å². The van der Waals surface area contributed by atoms with Crippen molar-refractivity contribution in [2.24, 2.45) is 0 Å². The second-order valence-electron chi connectivity index (χ2n) is 4.56. The van der Waals surface area contributed by atoms with Crippen LogP contribution in [0.2, 0.25) is 0 Å². The van der Waals surface area contributed by atoms with E-state index in [1.807, 2.05) is 35.0 Å². The van der Waals surface area contributed by atoms with Gasteiger partial charge in [0.15, 0.2) is 5.58 Å². The van der Waals surface area contributed by atoms with Crippen LogP contribution in [-0.4, -0.2) is 14.7 Å². The van der Waals surface area contributed by atoms with Crippen molar-refractivity contribution in [2.75, 3.05) is 0 Å². The van der Waals surface area contributed by atoms with Gasteiger partial charge in [0.25, 0.3) is 0 Å². The van der Waals surface area contributed by atoms with Crippen LogP contribution in [0.3, 0.4) is 0 Å². The minimum Gasteiger partial charge on any atom is -0.356 e. The molecule has 3 rings (SSSR count). The summed E-state index contributed by atoms with van der Waals surface area (Å²) in [5, 5.41) is 5.25. The lowest BCUT2D eigenvalue weighted by molar-refractivity contribution is 0.373. The third kappa shape index (κ3) is 1.45. The third-order valence-electron chi connectivity index (χ3n) is 3.11.